The molecule has 0 saturated heterocycles. The minimum Gasteiger partial charge on any atom is -0.324 e. The Morgan fingerprint density at radius 3 is 1.04 bits per heavy atom. The Hall–Kier alpha value is 0.260. The summed E-state index contributed by atoms with van der Waals surface area (Å²) in [5, 5.41) is 0. The van der Waals surface area contributed by atoms with Crippen molar-refractivity contribution in [1.82, 2.24) is 0 Å². The standard InChI is InChI=1S/C19H42O7P2/c20-27(21,22)19-17-15-13-11-9-7-5-3-1-2-4-6-8-10-12-14-16-18-26-28(23,24)25/h1-19H2,(H2,20,21,22)(H2,23,24,25). The molecule has 0 fully saturated rings. The highest BCUT2D eigenvalue weighted by Gasteiger charge is 2.12. The number of phosphoric ester groups is 1. The summed E-state index contributed by atoms with van der Waals surface area (Å²) in [5.41, 5.74) is 0. The Balaban J connectivity index is 3.09. The van der Waals surface area contributed by atoms with Crippen molar-refractivity contribution in [3.63, 3.8) is 0 Å². The average molecular weight is 444 g/mol. The molecule has 0 heterocycles. The molecule has 0 unspecified atom stereocenters. The Bertz CT molecular complexity index is 394. The van der Waals surface area contributed by atoms with Crippen LogP contribution in [0, 0.1) is 0 Å². The summed E-state index contributed by atoms with van der Waals surface area (Å²) in [6.07, 6.45) is 19.3. The third-order valence-corrected chi connectivity index (χ3v) is 6.27. The van der Waals surface area contributed by atoms with Gasteiger partial charge in [0.2, 0.25) is 0 Å². The van der Waals surface area contributed by atoms with Crippen molar-refractivity contribution in [2.45, 2.75) is 109 Å². The van der Waals surface area contributed by atoms with Crippen LogP contribution in [0.1, 0.15) is 109 Å². The highest BCUT2D eigenvalue weighted by Crippen LogP contribution is 2.36. The fraction of sp³-hybridized carbons (Fsp3) is 1.00. The van der Waals surface area contributed by atoms with Crippen LogP contribution in [-0.4, -0.2) is 32.3 Å². The predicted octanol–water partition coefficient (Wildman–Crippen LogP) is 5.91. The lowest BCUT2D eigenvalue weighted by Gasteiger charge is -2.05. The van der Waals surface area contributed by atoms with E-state index in [1.807, 2.05) is 0 Å². The van der Waals surface area contributed by atoms with Crippen molar-refractivity contribution < 1.29 is 33.2 Å². The average Bonchev–Trinajstić information content (AvgIpc) is 2.58. The van der Waals surface area contributed by atoms with Gasteiger partial charge in [0.15, 0.2) is 0 Å². The number of hydrogen-bond acceptors (Lipinski definition) is 3. The van der Waals surface area contributed by atoms with E-state index in [4.69, 9.17) is 19.6 Å². The summed E-state index contributed by atoms with van der Waals surface area (Å²) in [6.45, 7) is 0.140. The molecule has 0 saturated carbocycles. The molecule has 28 heavy (non-hydrogen) atoms. The van der Waals surface area contributed by atoms with E-state index in [1.54, 1.807) is 0 Å². The smallest absolute Gasteiger partial charge is 0.324 e. The van der Waals surface area contributed by atoms with Crippen LogP contribution in [0.4, 0.5) is 0 Å². The van der Waals surface area contributed by atoms with Crippen molar-refractivity contribution in [1.29, 1.82) is 0 Å². The zero-order chi connectivity index (χ0) is 21.1. The molecule has 0 aliphatic carbocycles. The van der Waals surface area contributed by atoms with Gasteiger partial charge in [-0.2, -0.15) is 0 Å². The summed E-state index contributed by atoms with van der Waals surface area (Å²) in [7, 11) is -8.08. The third kappa shape index (κ3) is 26.3. The van der Waals surface area contributed by atoms with Crippen LogP contribution in [0.3, 0.4) is 0 Å². The van der Waals surface area contributed by atoms with Gasteiger partial charge in [-0.15, -0.1) is 0 Å². The maximum Gasteiger partial charge on any atom is 0.469 e. The largest absolute Gasteiger partial charge is 0.469 e. The van der Waals surface area contributed by atoms with Crippen LogP contribution in [0.15, 0.2) is 0 Å². The SMILES string of the molecule is O=P(O)(O)CCCCCCCCCCCCCCCCCCCOP(=O)(O)O. The van der Waals surface area contributed by atoms with E-state index in [2.05, 4.69) is 4.52 Å². The molecular weight excluding hydrogens is 402 g/mol. The monoisotopic (exact) mass is 444 g/mol. The van der Waals surface area contributed by atoms with Gasteiger partial charge in [-0.25, -0.2) is 4.57 Å². The summed E-state index contributed by atoms with van der Waals surface area (Å²) in [6, 6.07) is 0. The highest BCUT2D eigenvalue weighted by molar-refractivity contribution is 7.51. The van der Waals surface area contributed by atoms with Crippen molar-refractivity contribution in [2.75, 3.05) is 12.8 Å². The molecule has 0 rings (SSSR count). The first-order chi connectivity index (χ1) is 13.2. The van der Waals surface area contributed by atoms with E-state index >= 15 is 0 Å². The van der Waals surface area contributed by atoms with Crippen LogP contribution < -0.4 is 0 Å². The molecule has 4 N–H and O–H groups in total. The molecule has 0 amide bonds. The van der Waals surface area contributed by atoms with Gasteiger partial charge < -0.3 is 19.6 Å². The Labute approximate surface area is 171 Å². The predicted molar refractivity (Wildman–Crippen MR) is 113 cm³/mol. The molecule has 0 aliphatic rings. The van der Waals surface area contributed by atoms with Crippen LogP contribution in [0.5, 0.6) is 0 Å². The van der Waals surface area contributed by atoms with Crippen LogP contribution in [0.2, 0.25) is 0 Å². The molecule has 0 aromatic carbocycles. The van der Waals surface area contributed by atoms with E-state index in [1.165, 1.54) is 70.6 Å². The second kappa shape index (κ2) is 18.1. The second-order valence-electron chi connectivity index (χ2n) is 7.72. The minimum atomic E-state index is -4.29. The third-order valence-electron chi connectivity index (χ3n) is 4.85. The lowest BCUT2D eigenvalue weighted by Crippen LogP contribution is -1.92. The Kier molecular flexibility index (Phi) is 18.2. The topological polar surface area (TPSA) is 124 Å². The van der Waals surface area contributed by atoms with E-state index < -0.39 is 15.4 Å². The first-order valence-corrected chi connectivity index (χ1v) is 14.3. The number of unbranched alkanes of at least 4 members (excludes halogenated alkanes) is 16. The molecule has 0 spiro atoms. The molecule has 0 aromatic rings. The number of hydrogen-bond donors (Lipinski definition) is 4. The minimum absolute atomic E-state index is 0.0291. The van der Waals surface area contributed by atoms with Gasteiger partial charge in [-0.1, -0.05) is 96.3 Å². The molecule has 0 aromatic heterocycles. The number of rotatable bonds is 21. The van der Waals surface area contributed by atoms with Gasteiger partial charge in [0, 0.05) is 6.16 Å². The molecule has 0 radical (unpaired) electrons. The molecule has 170 valence electrons. The first-order valence-electron chi connectivity index (χ1n) is 11.0. The van der Waals surface area contributed by atoms with Crippen molar-refractivity contribution >= 4 is 15.4 Å². The summed E-state index contributed by atoms with van der Waals surface area (Å²) in [4.78, 5) is 34.6. The number of phosphoric acid groups is 1. The van der Waals surface area contributed by atoms with E-state index in [9.17, 15) is 9.13 Å². The van der Waals surface area contributed by atoms with Gasteiger partial charge in [0.05, 0.1) is 6.61 Å². The summed E-state index contributed by atoms with van der Waals surface area (Å²) in [5.74, 6) is 0. The van der Waals surface area contributed by atoms with Gasteiger partial charge in [-0.05, 0) is 12.8 Å². The van der Waals surface area contributed by atoms with Gasteiger partial charge in [0.1, 0.15) is 0 Å². The van der Waals surface area contributed by atoms with Crippen molar-refractivity contribution in [3.8, 4) is 0 Å². The quantitative estimate of drug-likeness (QED) is 0.128. The normalized spacial score (nSPS) is 12.6. The molecule has 7 nitrogen and oxygen atoms in total. The summed E-state index contributed by atoms with van der Waals surface area (Å²) < 4.78 is 25.6. The lowest BCUT2D eigenvalue weighted by molar-refractivity contribution is 0.193. The first kappa shape index (κ1) is 28.3. The fourth-order valence-corrected chi connectivity index (χ4v) is 4.26. The lowest BCUT2D eigenvalue weighted by atomic mass is 10.0. The maximum absolute atomic E-state index is 10.7. The second-order valence-corrected chi connectivity index (χ2v) is 10.7. The van der Waals surface area contributed by atoms with E-state index in [-0.39, 0.29) is 12.8 Å². The van der Waals surface area contributed by atoms with Crippen molar-refractivity contribution in [3.05, 3.63) is 0 Å². The highest BCUT2D eigenvalue weighted by atomic mass is 31.2. The van der Waals surface area contributed by atoms with Crippen LogP contribution in [0.25, 0.3) is 0 Å². The zero-order valence-electron chi connectivity index (χ0n) is 17.3. The van der Waals surface area contributed by atoms with Gasteiger partial charge >= 0.3 is 15.4 Å². The van der Waals surface area contributed by atoms with E-state index in [0.29, 0.717) is 12.8 Å². The van der Waals surface area contributed by atoms with Crippen LogP contribution in [-0.2, 0) is 13.7 Å². The molecule has 0 bridgehead atoms. The molecule has 0 atom stereocenters. The molecular formula is C19H42O7P2. The molecule has 9 heteroatoms. The fourth-order valence-electron chi connectivity index (χ4n) is 3.25. The zero-order valence-corrected chi connectivity index (χ0v) is 19.1. The Morgan fingerprint density at radius 2 is 0.750 bits per heavy atom. The molecule has 0 aliphatic heterocycles. The van der Waals surface area contributed by atoms with Crippen molar-refractivity contribution in [2.24, 2.45) is 0 Å². The van der Waals surface area contributed by atoms with E-state index in [0.717, 1.165) is 25.7 Å². The van der Waals surface area contributed by atoms with Gasteiger partial charge in [0.25, 0.3) is 0 Å². The summed E-state index contributed by atoms with van der Waals surface area (Å²) >= 11 is 0. The van der Waals surface area contributed by atoms with Crippen LogP contribution >= 0.6 is 15.4 Å². The Morgan fingerprint density at radius 1 is 0.464 bits per heavy atom. The maximum atomic E-state index is 10.7. The van der Waals surface area contributed by atoms with Gasteiger partial charge in [-0.3, -0.25) is 9.09 Å².